The van der Waals surface area contributed by atoms with Gasteiger partial charge >= 0.3 is 12.1 Å². The molecule has 1 saturated carbocycles. The highest BCUT2D eigenvalue weighted by Crippen LogP contribution is 2.51. The van der Waals surface area contributed by atoms with Gasteiger partial charge in [0.2, 0.25) is 0 Å². The van der Waals surface area contributed by atoms with Crippen LogP contribution >= 0.6 is 0 Å². The number of carboxylic acids is 1. The molecule has 1 aromatic heterocycles. The van der Waals surface area contributed by atoms with Crippen molar-refractivity contribution in [1.29, 1.82) is 0 Å². The number of fused-ring (bicyclic) bond motifs is 4. The third-order valence-electron chi connectivity index (χ3n) is 7.38. The van der Waals surface area contributed by atoms with Crippen molar-refractivity contribution < 1.29 is 28.8 Å². The van der Waals surface area contributed by atoms with Crippen LogP contribution in [0, 0.1) is 5.92 Å². The maximum absolute atomic E-state index is 12.8. The Morgan fingerprint density at radius 3 is 2.40 bits per heavy atom. The third kappa shape index (κ3) is 3.38. The van der Waals surface area contributed by atoms with Gasteiger partial charge in [0, 0.05) is 18.5 Å². The fourth-order valence-corrected chi connectivity index (χ4v) is 5.69. The molecule has 2 amide bonds. The summed E-state index contributed by atoms with van der Waals surface area (Å²) in [5.41, 5.74) is 3.45. The van der Waals surface area contributed by atoms with E-state index in [0.29, 0.717) is 19.4 Å². The van der Waals surface area contributed by atoms with Crippen LogP contribution in [0.1, 0.15) is 46.1 Å². The fraction of sp³-hybridized carbons (Fsp3) is 0.308. The van der Waals surface area contributed by atoms with E-state index in [4.69, 9.17) is 9.26 Å². The zero-order chi connectivity index (χ0) is 24.2. The summed E-state index contributed by atoms with van der Waals surface area (Å²) in [4.78, 5) is 38.3. The number of carbonyl (C=O) groups is 3. The molecule has 178 valence electrons. The van der Waals surface area contributed by atoms with Gasteiger partial charge in [0.05, 0.1) is 6.54 Å². The average Bonchev–Trinajstić information content (AvgIpc) is 3.61. The van der Waals surface area contributed by atoms with Crippen molar-refractivity contribution in [3.63, 3.8) is 0 Å². The molecule has 2 aliphatic carbocycles. The number of carboxylic acid groups (broad SMARTS) is 1. The molecule has 2 bridgehead atoms. The average molecular weight is 473 g/mol. The molecule has 9 heteroatoms. The molecule has 2 saturated heterocycles. The molecule has 7 rings (SSSR count). The summed E-state index contributed by atoms with van der Waals surface area (Å²) in [6.07, 6.45) is 0.339. The minimum absolute atomic E-state index is 0.0103. The summed E-state index contributed by atoms with van der Waals surface area (Å²) in [6.45, 7) is 0.586. The lowest BCUT2D eigenvalue weighted by molar-refractivity contribution is -0.151. The van der Waals surface area contributed by atoms with Crippen molar-refractivity contribution in [1.82, 2.24) is 15.4 Å². The van der Waals surface area contributed by atoms with Gasteiger partial charge in [0.1, 0.15) is 12.1 Å². The molecule has 0 unspecified atom stereocenters. The number of carbonyl (C=O) groups excluding carboxylic acids is 2. The number of aromatic nitrogens is 1. The van der Waals surface area contributed by atoms with E-state index >= 15 is 0 Å². The van der Waals surface area contributed by atoms with Crippen LogP contribution in [0.3, 0.4) is 0 Å². The largest absolute Gasteiger partial charge is 0.479 e. The van der Waals surface area contributed by atoms with E-state index < -0.39 is 23.5 Å². The van der Waals surface area contributed by atoms with Gasteiger partial charge in [0.15, 0.2) is 11.5 Å². The molecule has 2 aromatic carbocycles. The molecule has 3 aromatic rings. The number of ether oxygens (including phenoxy) is 1. The second-order valence-electron chi connectivity index (χ2n) is 9.38. The highest BCUT2D eigenvalue weighted by molar-refractivity contribution is 5.97. The maximum atomic E-state index is 12.8. The lowest BCUT2D eigenvalue weighted by Gasteiger charge is -2.37. The number of aliphatic carboxylic acids is 1. The van der Waals surface area contributed by atoms with Gasteiger partial charge in [-0.15, -0.1) is 0 Å². The molecule has 0 radical (unpaired) electrons. The number of benzene rings is 2. The van der Waals surface area contributed by atoms with Crippen LogP contribution in [0.15, 0.2) is 59.1 Å². The van der Waals surface area contributed by atoms with E-state index in [2.05, 4.69) is 22.6 Å². The Labute approximate surface area is 200 Å². The van der Waals surface area contributed by atoms with Gasteiger partial charge in [-0.1, -0.05) is 53.7 Å². The minimum Gasteiger partial charge on any atom is -0.479 e. The second kappa shape index (κ2) is 7.97. The Morgan fingerprint density at radius 2 is 1.74 bits per heavy atom. The van der Waals surface area contributed by atoms with Gasteiger partial charge in [-0.2, -0.15) is 0 Å². The van der Waals surface area contributed by atoms with Crippen LogP contribution in [0.4, 0.5) is 4.79 Å². The standard InChI is InChI=1S/C26H23N3O6/c30-23(29-13-15-10-26(29,11-15)24(31)32)22-9-16(35-28-22)12-27-25(33)34-14-21-19-7-3-1-5-17(19)18-6-2-4-8-20(18)21/h1-9,15,21H,10-14H2,(H,27,33)(H,31,32). The smallest absolute Gasteiger partial charge is 0.407 e. The minimum atomic E-state index is -1.12. The lowest BCUT2D eigenvalue weighted by Crippen LogP contribution is -2.54. The number of nitrogens with one attached hydrogen (secondary N) is 1. The number of nitrogens with zero attached hydrogens (tertiary/aromatic N) is 2. The van der Waals surface area contributed by atoms with Crippen molar-refractivity contribution >= 4 is 18.0 Å². The fourth-order valence-electron chi connectivity index (χ4n) is 5.69. The summed E-state index contributed by atoms with van der Waals surface area (Å²) in [5, 5.41) is 16.0. The molecule has 2 aliphatic heterocycles. The molecular formula is C26H23N3O6. The zero-order valence-corrected chi connectivity index (χ0v) is 18.8. The second-order valence-corrected chi connectivity index (χ2v) is 9.38. The number of alkyl carbamates (subject to hydrolysis) is 1. The quantitative estimate of drug-likeness (QED) is 0.563. The summed E-state index contributed by atoms with van der Waals surface area (Å²) >= 11 is 0. The first-order valence-corrected chi connectivity index (χ1v) is 11.6. The van der Waals surface area contributed by atoms with E-state index in [-0.39, 0.29) is 36.4 Å². The summed E-state index contributed by atoms with van der Waals surface area (Å²) < 4.78 is 10.7. The lowest BCUT2D eigenvalue weighted by atomic mass is 9.73. The number of amides is 2. The van der Waals surface area contributed by atoms with Crippen molar-refractivity contribution in [2.75, 3.05) is 13.2 Å². The number of rotatable bonds is 6. The Kier molecular flexibility index (Phi) is 4.87. The van der Waals surface area contributed by atoms with Crippen molar-refractivity contribution in [3.8, 4) is 11.1 Å². The Hall–Kier alpha value is -4.14. The zero-order valence-electron chi connectivity index (χ0n) is 18.8. The number of hydrogen-bond donors (Lipinski definition) is 2. The molecule has 0 atom stereocenters. The van der Waals surface area contributed by atoms with Crippen molar-refractivity contribution in [2.45, 2.75) is 30.8 Å². The van der Waals surface area contributed by atoms with Crippen LogP contribution < -0.4 is 5.32 Å². The molecule has 3 fully saturated rings. The molecule has 9 nitrogen and oxygen atoms in total. The third-order valence-corrected chi connectivity index (χ3v) is 7.38. The Morgan fingerprint density at radius 1 is 1.09 bits per heavy atom. The van der Waals surface area contributed by atoms with E-state index in [1.165, 1.54) is 11.0 Å². The summed E-state index contributed by atoms with van der Waals surface area (Å²) in [5.74, 6) is -1.01. The van der Waals surface area contributed by atoms with Crippen LogP contribution in [0.25, 0.3) is 11.1 Å². The van der Waals surface area contributed by atoms with Gasteiger partial charge in [-0.05, 0) is 41.0 Å². The van der Waals surface area contributed by atoms with Crippen LogP contribution in [0.5, 0.6) is 0 Å². The molecule has 0 spiro atoms. The van der Waals surface area contributed by atoms with Gasteiger partial charge in [-0.3, -0.25) is 4.79 Å². The van der Waals surface area contributed by atoms with E-state index in [0.717, 1.165) is 22.3 Å². The SMILES string of the molecule is O=C(NCc1cc(C(=O)N2CC3CC2(C(=O)O)C3)no1)OCC1c2ccccc2-c2ccccc21. The first-order valence-electron chi connectivity index (χ1n) is 11.6. The highest BCUT2D eigenvalue weighted by atomic mass is 16.5. The van der Waals surface area contributed by atoms with Crippen LogP contribution in [-0.2, 0) is 16.1 Å². The van der Waals surface area contributed by atoms with Gasteiger partial charge < -0.3 is 24.6 Å². The first kappa shape index (κ1) is 21.4. The maximum Gasteiger partial charge on any atom is 0.407 e. The molecule has 3 heterocycles. The molecule has 4 aliphatic rings. The Bertz CT molecular complexity index is 1300. The number of hydrogen-bond acceptors (Lipinski definition) is 6. The molecule has 2 N–H and O–H groups in total. The Balaban J connectivity index is 1.06. The van der Waals surface area contributed by atoms with E-state index in [1.54, 1.807) is 0 Å². The monoisotopic (exact) mass is 473 g/mol. The van der Waals surface area contributed by atoms with Gasteiger partial charge in [-0.25, -0.2) is 9.59 Å². The van der Waals surface area contributed by atoms with Crippen molar-refractivity contribution in [2.24, 2.45) is 5.92 Å². The van der Waals surface area contributed by atoms with E-state index in [9.17, 15) is 19.5 Å². The predicted molar refractivity (Wildman–Crippen MR) is 123 cm³/mol. The van der Waals surface area contributed by atoms with Crippen molar-refractivity contribution in [3.05, 3.63) is 77.2 Å². The molecule has 35 heavy (non-hydrogen) atoms. The summed E-state index contributed by atoms with van der Waals surface area (Å²) in [6, 6.07) is 17.6. The van der Waals surface area contributed by atoms with Crippen LogP contribution in [-0.4, -0.2) is 51.8 Å². The van der Waals surface area contributed by atoms with Crippen LogP contribution in [0.2, 0.25) is 0 Å². The normalized spacial score (nSPS) is 21.7. The van der Waals surface area contributed by atoms with Gasteiger partial charge in [0.25, 0.3) is 5.91 Å². The first-order chi connectivity index (χ1) is 17.0. The topological polar surface area (TPSA) is 122 Å². The predicted octanol–water partition coefficient (Wildman–Crippen LogP) is 3.40. The highest BCUT2D eigenvalue weighted by Gasteiger charge is 2.63. The van der Waals surface area contributed by atoms with E-state index in [1.807, 2.05) is 36.4 Å². The molecular weight excluding hydrogens is 450 g/mol. The summed E-state index contributed by atoms with van der Waals surface area (Å²) in [7, 11) is 0.